The van der Waals surface area contributed by atoms with E-state index >= 15 is 0 Å². The van der Waals surface area contributed by atoms with Crippen LogP contribution >= 0.6 is 0 Å². The van der Waals surface area contributed by atoms with Crippen LogP contribution in [0.25, 0.3) is 0 Å². The highest BCUT2D eigenvalue weighted by Crippen LogP contribution is 2.34. The SMILES string of the molecule is CC(C)(C)CC1(O)CCN(Cc2ccccc2)C1. The summed E-state index contributed by atoms with van der Waals surface area (Å²) in [6, 6.07) is 10.5. The molecule has 1 fully saturated rings. The van der Waals surface area contributed by atoms with E-state index < -0.39 is 5.60 Å². The first-order valence-corrected chi connectivity index (χ1v) is 6.85. The third kappa shape index (κ3) is 3.82. The summed E-state index contributed by atoms with van der Waals surface area (Å²) in [4.78, 5) is 2.36. The molecule has 18 heavy (non-hydrogen) atoms. The van der Waals surface area contributed by atoms with Gasteiger partial charge in [-0.05, 0) is 23.8 Å². The molecule has 0 bridgehead atoms. The fourth-order valence-corrected chi connectivity index (χ4v) is 3.05. The standard InChI is InChI=1S/C16H25NO/c1-15(2,3)12-16(18)9-10-17(13-16)11-14-7-5-4-6-8-14/h4-8,18H,9-13H2,1-3H3. The van der Waals surface area contributed by atoms with E-state index in [0.717, 1.165) is 32.5 Å². The molecule has 0 aromatic heterocycles. The summed E-state index contributed by atoms with van der Waals surface area (Å²) in [6.45, 7) is 9.36. The molecule has 1 saturated heterocycles. The molecular formula is C16H25NO. The number of β-amino-alcohol motifs (C(OH)–C–C–N with tert-alkyl or cyclic N) is 1. The Bertz CT molecular complexity index is 382. The molecule has 0 aliphatic carbocycles. The van der Waals surface area contributed by atoms with E-state index in [9.17, 15) is 5.11 Å². The van der Waals surface area contributed by atoms with Crippen molar-refractivity contribution in [1.29, 1.82) is 0 Å². The zero-order valence-corrected chi connectivity index (χ0v) is 11.8. The lowest BCUT2D eigenvalue weighted by molar-refractivity contribution is 0.0102. The van der Waals surface area contributed by atoms with Gasteiger partial charge in [-0.25, -0.2) is 0 Å². The van der Waals surface area contributed by atoms with Crippen molar-refractivity contribution < 1.29 is 5.11 Å². The topological polar surface area (TPSA) is 23.5 Å². The second-order valence-corrected chi connectivity index (χ2v) is 6.91. The summed E-state index contributed by atoms with van der Waals surface area (Å²) in [5, 5.41) is 10.6. The number of rotatable bonds is 3. The van der Waals surface area contributed by atoms with Crippen molar-refractivity contribution in [3.63, 3.8) is 0 Å². The fourth-order valence-electron chi connectivity index (χ4n) is 3.05. The molecule has 1 N–H and O–H groups in total. The summed E-state index contributed by atoms with van der Waals surface area (Å²) in [7, 11) is 0. The van der Waals surface area contributed by atoms with Crippen molar-refractivity contribution in [2.45, 2.75) is 45.8 Å². The van der Waals surface area contributed by atoms with Crippen LogP contribution in [0.4, 0.5) is 0 Å². The number of nitrogens with zero attached hydrogens (tertiary/aromatic N) is 1. The van der Waals surface area contributed by atoms with Crippen molar-refractivity contribution in [3.8, 4) is 0 Å². The van der Waals surface area contributed by atoms with Gasteiger partial charge in [-0.2, -0.15) is 0 Å². The summed E-state index contributed by atoms with van der Waals surface area (Å²) >= 11 is 0. The van der Waals surface area contributed by atoms with Gasteiger partial charge in [0.1, 0.15) is 0 Å². The van der Waals surface area contributed by atoms with Gasteiger partial charge in [-0.3, -0.25) is 4.90 Å². The van der Waals surface area contributed by atoms with Gasteiger partial charge in [0.05, 0.1) is 5.60 Å². The average molecular weight is 247 g/mol. The molecule has 2 rings (SSSR count). The van der Waals surface area contributed by atoms with Gasteiger partial charge in [-0.1, -0.05) is 51.1 Å². The van der Waals surface area contributed by atoms with Crippen molar-refractivity contribution in [2.24, 2.45) is 5.41 Å². The van der Waals surface area contributed by atoms with E-state index in [4.69, 9.17) is 0 Å². The van der Waals surface area contributed by atoms with E-state index in [-0.39, 0.29) is 5.41 Å². The van der Waals surface area contributed by atoms with E-state index in [2.05, 4.69) is 49.9 Å². The number of hydrogen-bond donors (Lipinski definition) is 1. The minimum absolute atomic E-state index is 0.192. The molecule has 1 aromatic carbocycles. The second kappa shape index (κ2) is 5.02. The first-order chi connectivity index (χ1) is 8.36. The Labute approximate surface area is 111 Å². The van der Waals surface area contributed by atoms with Gasteiger partial charge in [0, 0.05) is 19.6 Å². The molecule has 2 heteroatoms. The number of benzene rings is 1. The Morgan fingerprint density at radius 2 is 1.89 bits per heavy atom. The summed E-state index contributed by atoms with van der Waals surface area (Å²) in [5.74, 6) is 0. The van der Waals surface area contributed by atoms with Crippen LogP contribution in [-0.4, -0.2) is 28.7 Å². The van der Waals surface area contributed by atoms with Gasteiger partial charge >= 0.3 is 0 Å². The van der Waals surface area contributed by atoms with Gasteiger partial charge < -0.3 is 5.11 Å². The van der Waals surface area contributed by atoms with E-state index in [1.54, 1.807) is 0 Å². The maximum Gasteiger partial charge on any atom is 0.0791 e. The Balaban J connectivity index is 1.92. The first-order valence-electron chi connectivity index (χ1n) is 6.85. The van der Waals surface area contributed by atoms with Crippen LogP contribution in [0.2, 0.25) is 0 Å². The number of likely N-dealkylation sites (tertiary alicyclic amines) is 1. The fraction of sp³-hybridized carbons (Fsp3) is 0.625. The van der Waals surface area contributed by atoms with Crippen LogP contribution in [-0.2, 0) is 6.54 Å². The first kappa shape index (κ1) is 13.6. The van der Waals surface area contributed by atoms with Crippen molar-refractivity contribution in [3.05, 3.63) is 35.9 Å². The molecule has 1 unspecified atom stereocenters. The van der Waals surface area contributed by atoms with Crippen LogP contribution in [0.3, 0.4) is 0 Å². The van der Waals surface area contributed by atoms with Crippen molar-refractivity contribution >= 4 is 0 Å². The van der Waals surface area contributed by atoms with Gasteiger partial charge in [0.2, 0.25) is 0 Å². The predicted octanol–water partition coefficient (Wildman–Crippen LogP) is 3.06. The second-order valence-electron chi connectivity index (χ2n) is 6.91. The highest BCUT2D eigenvalue weighted by molar-refractivity contribution is 5.15. The largest absolute Gasteiger partial charge is 0.388 e. The third-order valence-electron chi connectivity index (χ3n) is 3.52. The van der Waals surface area contributed by atoms with Crippen LogP contribution in [0.1, 0.15) is 39.2 Å². The molecular weight excluding hydrogens is 222 g/mol. The molecule has 1 atom stereocenters. The monoisotopic (exact) mass is 247 g/mol. The van der Waals surface area contributed by atoms with Crippen LogP contribution in [0.15, 0.2) is 30.3 Å². The van der Waals surface area contributed by atoms with E-state index in [1.165, 1.54) is 5.56 Å². The highest BCUT2D eigenvalue weighted by Gasteiger charge is 2.38. The molecule has 0 radical (unpaired) electrons. The van der Waals surface area contributed by atoms with Gasteiger partial charge in [-0.15, -0.1) is 0 Å². The molecule has 1 aliphatic rings. The Morgan fingerprint density at radius 3 is 2.50 bits per heavy atom. The maximum absolute atomic E-state index is 10.6. The van der Waals surface area contributed by atoms with E-state index in [0.29, 0.717) is 0 Å². The summed E-state index contributed by atoms with van der Waals surface area (Å²) in [5.41, 5.74) is 1.03. The third-order valence-corrected chi connectivity index (χ3v) is 3.52. The molecule has 1 heterocycles. The summed E-state index contributed by atoms with van der Waals surface area (Å²) < 4.78 is 0. The number of hydrogen-bond acceptors (Lipinski definition) is 2. The minimum atomic E-state index is -0.493. The van der Waals surface area contributed by atoms with Gasteiger partial charge in [0.15, 0.2) is 0 Å². The molecule has 0 saturated carbocycles. The molecule has 2 nitrogen and oxygen atoms in total. The Kier molecular flexibility index (Phi) is 3.79. The normalized spacial score (nSPS) is 25.6. The molecule has 1 aliphatic heterocycles. The molecule has 1 aromatic rings. The lowest BCUT2D eigenvalue weighted by Crippen LogP contribution is -2.36. The van der Waals surface area contributed by atoms with Crippen LogP contribution in [0, 0.1) is 5.41 Å². The quantitative estimate of drug-likeness (QED) is 0.887. The summed E-state index contributed by atoms with van der Waals surface area (Å²) in [6.07, 6.45) is 1.78. The smallest absolute Gasteiger partial charge is 0.0791 e. The molecule has 100 valence electrons. The van der Waals surface area contributed by atoms with Crippen molar-refractivity contribution in [1.82, 2.24) is 4.90 Å². The average Bonchev–Trinajstić information content (AvgIpc) is 2.58. The maximum atomic E-state index is 10.6. The number of aliphatic hydroxyl groups is 1. The molecule has 0 spiro atoms. The minimum Gasteiger partial charge on any atom is -0.388 e. The van der Waals surface area contributed by atoms with Crippen molar-refractivity contribution in [2.75, 3.05) is 13.1 Å². The molecule has 0 amide bonds. The lowest BCUT2D eigenvalue weighted by Gasteiger charge is -2.31. The zero-order valence-electron chi connectivity index (χ0n) is 11.8. The Hall–Kier alpha value is -0.860. The van der Waals surface area contributed by atoms with Crippen LogP contribution < -0.4 is 0 Å². The van der Waals surface area contributed by atoms with E-state index in [1.807, 2.05) is 6.07 Å². The Morgan fingerprint density at radius 1 is 1.22 bits per heavy atom. The highest BCUT2D eigenvalue weighted by atomic mass is 16.3. The van der Waals surface area contributed by atoms with Gasteiger partial charge in [0.25, 0.3) is 0 Å². The van der Waals surface area contributed by atoms with Crippen LogP contribution in [0.5, 0.6) is 0 Å². The lowest BCUT2D eigenvalue weighted by atomic mass is 9.81. The predicted molar refractivity (Wildman–Crippen MR) is 75.4 cm³/mol. The zero-order chi connectivity index (χ0) is 13.2.